The smallest absolute Gasteiger partial charge is 0.356 e. The second kappa shape index (κ2) is 15.8. The molecular formula is C28H30N4O10S. The summed E-state index contributed by atoms with van der Waals surface area (Å²) >= 11 is 0.816. The molecule has 0 bridgehead atoms. The number of benzene rings is 3. The van der Waals surface area contributed by atoms with Gasteiger partial charge in [0, 0.05) is 14.2 Å². The Morgan fingerprint density at radius 3 is 1.33 bits per heavy atom. The first-order chi connectivity index (χ1) is 21.0. The lowest BCUT2D eigenvalue weighted by Crippen LogP contribution is -2.10. The highest BCUT2D eigenvalue weighted by Crippen LogP contribution is 2.49. The van der Waals surface area contributed by atoms with Crippen molar-refractivity contribution in [1.82, 2.24) is 8.75 Å². The van der Waals surface area contributed by atoms with Crippen molar-refractivity contribution >= 4 is 34.1 Å². The van der Waals surface area contributed by atoms with Crippen LogP contribution in [0.15, 0.2) is 48.5 Å². The molecule has 43 heavy (non-hydrogen) atoms. The van der Waals surface area contributed by atoms with E-state index < -0.39 is 21.2 Å². The van der Waals surface area contributed by atoms with Crippen LogP contribution >= 0.6 is 11.7 Å². The highest BCUT2D eigenvalue weighted by atomic mass is 32.1. The number of nitrogens with zero attached hydrogens (tertiary/aromatic N) is 4. The van der Waals surface area contributed by atoms with Gasteiger partial charge in [0.05, 0.1) is 72.3 Å². The molecular weight excluding hydrogens is 584 g/mol. The Morgan fingerprint density at radius 1 is 0.605 bits per heavy atom. The van der Waals surface area contributed by atoms with Crippen molar-refractivity contribution in [2.75, 3.05) is 67.1 Å². The number of nitro benzene ring substituents is 2. The third-order valence-electron chi connectivity index (χ3n) is 6.17. The standard InChI is InChI=1S/C28H30N4O10S/c1-37-11-13-39-15-17-41-21-7-3-19(4-8-21)23-25-26(30-43-29-25)24(28(32(35)36)27(23)31(33)34)20-5-9-22(10-6-20)42-18-16-40-14-12-38-2/h3-10H,11-18H2,1-2H3. The van der Waals surface area contributed by atoms with E-state index in [-0.39, 0.29) is 35.4 Å². The van der Waals surface area contributed by atoms with Crippen LogP contribution in [0.25, 0.3) is 33.3 Å². The van der Waals surface area contributed by atoms with E-state index in [0.29, 0.717) is 62.3 Å². The van der Waals surface area contributed by atoms with Crippen LogP contribution in [-0.4, -0.2) is 85.7 Å². The Morgan fingerprint density at radius 2 is 0.977 bits per heavy atom. The third-order valence-corrected chi connectivity index (χ3v) is 6.70. The molecule has 14 nitrogen and oxygen atoms in total. The summed E-state index contributed by atoms with van der Waals surface area (Å²) in [5.41, 5.74) is -0.238. The third kappa shape index (κ3) is 7.97. The Kier molecular flexibility index (Phi) is 11.6. The largest absolute Gasteiger partial charge is 0.491 e. The van der Waals surface area contributed by atoms with Gasteiger partial charge >= 0.3 is 11.4 Å². The Hall–Kier alpha value is -4.28. The average Bonchev–Trinajstić information content (AvgIpc) is 3.50. The molecule has 3 aromatic carbocycles. The molecule has 15 heteroatoms. The van der Waals surface area contributed by atoms with E-state index in [4.69, 9.17) is 28.4 Å². The summed E-state index contributed by atoms with van der Waals surface area (Å²) in [4.78, 5) is 23.3. The summed E-state index contributed by atoms with van der Waals surface area (Å²) in [5, 5.41) is 24.8. The van der Waals surface area contributed by atoms with E-state index in [2.05, 4.69) is 8.75 Å². The van der Waals surface area contributed by atoms with Crippen LogP contribution in [0, 0.1) is 20.2 Å². The fourth-order valence-electron chi connectivity index (χ4n) is 4.24. The fraction of sp³-hybridized carbons (Fsp3) is 0.357. The first kappa shape index (κ1) is 31.7. The predicted molar refractivity (Wildman–Crippen MR) is 158 cm³/mol. The van der Waals surface area contributed by atoms with Crippen molar-refractivity contribution in [3.05, 3.63) is 68.8 Å². The number of hydrogen-bond donors (Lipinski definition) is 0. The molecule has 0 amide bonds. The molecule has 4 aromatic rings. The van der Waals surface area contributed by atoms with E-state index in [1.54, 1.807) is 62.8 Å². The molecule has 0 aliphatic carbocycles. The van der Waals surface area contributed by atoms with Crippen LogP contribution in [0.4, 0.5) is 11.4 Å². The van der Waals surface area contributed by atoms with Crippen molar-refractivity contribution < 1.29 is 38.3 Å². The van der Waals surface area contributed by atoms with Crippen molar-refractivity contribution in [2.24, 2.45) is 0 Å². The van der Waals surface area contributed by atoms with Crippen LogP contribution in [0.5, 0.6) is 11.5 Å². The normalized spacial score (nSPS) is 11.1. The minimum atomic E-state index is -0.751. The van der Waals surface area contributed by atoms with Gasteiger partial charge in [0.15, 0.2) is 0 Å². The summed E-state index contributed by atoms with van der Waals surface area (Å²) < 4.78 is 40.6. The summed E-state index contributed by atoms with van der Waals surface area (Å²) in [6, 6.07) is 12.9. The van der Waals surface area contributed by atoms with Crippen LogP contribution in [0.1, 0.15) is 0 Å². The highest BCUT2D eigenvalue weighted by molar-refractivity contribution is 7.00. The molecule has 0 saturated heterocycles. The lowest BCUT2D eigenvalue weighted by atomic mass is 9.93. The Labute approximate surface area is 250 Å². The minimum absolute atomic E-state index is 0.00655. The number of methoxy groups -OCH3 is 2. The van der Waals surface area contributed by atoms with Gasteiger partial charge in [0.1, 0.15) is 35.7 Å². The zero-order valence-electron chi connectivity index (χ0n) is 23.6. The topological polar surface area (TPSA) is 167 Å². The molecule has 0 aliphatic rings. The van der Waals surface area contributed by atoms with Crippen molar-refractivity contribution in [3.63, 3.8) is 0 Å². The molecule has 0 atom stereocenters. The van der Waals surface area contributed by atoms with Gasteiger partial charge in [-0.1, -0.05) is 24.3 Å². The molecule has 0 aliphatic heterocycles. The first-order valence-corrected chi connectivity index (χ1v) is 13.9. The second-order valence-electron chi connectivity index (χ2n) is 8.88. The number of ether oxygens (including phenoxy) is 6. The van der Waals surface area contributed by atoms with E-state index in [1.807, 2.05) is 0 Å². The van der Waals surface area contributed by atoms with Crippen LogP contribution in [0.2, 0.25) is 0 Å². The second-order valence-corrected chi connectivity index (χ2v) is 9.41. The van der Waals surface area contributed by atoms with Gasteiger partial charge in [-0.25, -0.2) is 0 Å². The fourth-order valence-corrected chi connectivity index (χ4v) is 4.80. The molecule has 228 valence electrons. The van der Waals surface area contributed by atoms with E-state index >= 15 is 0 Å². The average molecular weight is 615 g/mol. The molecule has 1 heterocycles. The molecule has 0 fully saturated rings. The summed E-state index contributed by atoms with van der Waals surface area (Å²) in [6.45, 7) is 3.12. The van der Waals surface area contributed by atoms with Gasteiger partial charge in [0.2, 0.25) is 0 Å². The molecule has 0 radical (unpaired) electrons. The Bertz CT molecular complexity index is 1400. The van der Waals surface area contributed by atoms with Crippen LogP contribution in [-0.2, 0) is 18.9 Å². The molecule has 4 rings (SSSR count). The van der Waals surface area contributed by atoms with Gasteiger partial charge in [-0.3, -0.25) is 20.2 Å². The lowest BCUT2D eigenvalue weighted by Gasteiger charge is -2.12. The lowest BCUT2D eigenvalue weighted by molar-refractivity contribution is -0.421. The zero-order chi connectivity index (χ0) is 30.6. The quantitative estimate of drug-likeness (QED) is 0.0843. The molecule has 0 unspecified atom stereocenters. The van der Waals surface area contributed by atoms with Crippen LogP contribution in [0.3, 0.4) is 0 Å². The first-order valence-electron chi connectivity index (χ1n) is 13.2. The van der Waals surface area contributed by atoms with Gasteiger partial charge in [-0.2, -0.15) is 8.75 Å². The SMILES string of the molecule is COCCOCCOc1ccc(-c2c([N+](=O)[O-])c([N+](=O)[O-])c(-c3ccc(OCCOCCOC)cc3)c3nsnc23)cc1. The molecule has 1 aromatic heterocycles. The molecule has 0 saturated carbocycles. The van der Waals surface area contributed by atoms with Gasteiger partial charge in [0.25, 0.3) is 0 Å². The maximum absolute atomic E-state index is 12.4. The van der Waals surface area contributed by atoms with Gasteiger partial charge in [-0.05, 0) is 35.4 Å². The highest BCUT2D eigenvalue weighted by Gasteiger charge is 2.38. The number of fused-ring (bicyclic) bond motifs is 1. The number of rotatable bonds is 18. The number of hydrogen-bond acceptors (Lipinski definition) is 13. The maximum Gasteiger partial charge on any atom is 0.356 e. The van der Waals surface area contributed by atoms with E-state index in [0.717, 1.165) is 11.7 Å². The summed E-state index contributed by atoms with van der Waals surface area (Å²) in [7, 11) is 3.17. The molecule has 0 N–H and O–H groups in total. The van der Waals surface area contributed by atoms with E-state index in [9.17, 15) is 20.2 Å². The van der Waals surface area contributed by atoms with Gasteiger partial charge in [-0.15, -0.1) is 0 Å². The van der Waals surface area contributed by atoms with E-state index in [1.165, 1.54) is 0 Å². The van der Waals surface area contributed by atoms with Crippen molar-refractivity contribution in [1.29, 1.82) is 0 Å². The zero-order valence-corrected chi connectivity index (χ0v) is 24.4. The number of aromatic nitrogens is 2. The summed E-state index contributed by atoms with van der Waals surface area (Å²) in [5.74, 6) is 1.01. The number of nitro groups is 2. The van der Waals surface area contributed by atoms with Crippen molar-refractivity contribution in [3.8, 4) is 33.8 Å². The van der Waals surface area contributed by atoms with Gasteiger partial charge < -0.3 is 28.4 Å². The van der Waals surface area contributed by atoms with Crippen LogP contribution < -0.4 is 9.47 Å². The Balaban J connectivity index is 1.64. The molecule has 0 spiro atoms. The maximum atomic E-state index is 12.4. The summed E-state index contributed by atoms with van der Waals surface area (Å²) in [6.07, 6.45) is 0. The predicted octanol–water partition coefficient (Wildman–Crippen LogP) is 4.93. The minimum Gasteiger partial charge on any atom is -0.491 e. The van der Waals surface area contributed by atoms with Crippen molar-refractivity contribution in [2.45, 2.75) is 0 Å². The monoisotopic (exact) mass is 614 g/mol.